The summed E-state index contributed by atoms with van der Waals surface area (Å²) in [6, 6.07) is 24.6. The summed E-state index contributed by atoms with van der Waals surface area (Å²) in [5.41, 5.74) is 5.77. The molecule has 29 heavy (non-hydrogen) atoms. The molecular formula is C25H21NO2S. The minimum atomic E-state index is -0.445. The van der Waals surface area contributed by atoms with Crippen LogP contribution in [0.15, 0.2) is 77.7 Å². The molecule has 4 heteroatoms. The lowest BCUT2D eigenvalue weighted by Crippen LogP contribution is -2.26. The highest BCUT2D eigenvalue weighted by atomic mass is 32.2. The van der Waals surface area contributed by atoms with E-state index in [-0.39, 0.29) is 12.5 Å². The molecule has 0 unspecified atom stereocenters. The van der Waals surface area contributed by atoms with Gasteiger partial charge in [-0.25, -0.2) is 4.79 Å². The lowest BCUT2D eigenvalue weighted by atomic mass is 9.98. The molecule has 1 aliphatic carbocycles. The van der Waals surface area contributed by atoms with E-state index >= 15 is 0 Å². The number of amides is 1. The highest BCUT2D eigenvalue weighted by Crippen LogP contribution is 2.44. The monoisotopic (exact) mass is 399 g/mol. The molecule has 0 radical (unpaired) electrons. The van der Waals surface area contributed by atoms with E-state index < -0.39 is 6.09 Å². The molecule has 3 aromatic rings. The van der Waals surface area contributed by atoms with Gasteiger partial charge < -0.3 is 10.1 Å². The molecule has 0 heterocycles. The Hall–Kier alpha value is -3.16. The summed E-state index contributed by atoms with van der Waals surface area (Å²) < 4.78 is 5.50. The van der Waals surface area contributed by atoms with E-state index in [1.165, 1.54) is 27.1 Å². The first-order chi connectivity index (χ1) is 14.3. The number of alkyl carbamates (subject to hydrolysis) is 1. The van der Waals surface area contributed by atoms with Crippen LogP contribution < -0.4 is 5.32 Å². The molecule has 4 rings (SSSR count). The van der Waals surface area contributed by atoms with Gasteiger partial charge in [-0.1, -0.05) is 60.4 Å². The Morgan fingerprint density at radius 3 is 2.21 bits per heavy atom. The first-order valence-electron chi connectivity index (χ1n) is 9.48. The van der Waals surface area contributed by atoms with Crippen molar-refractivity contribution >= 4 is 17.9 Å². The third-order valence-electron chi connectivity index (χ3n) is 4.99. The molecule has 0 bridgehead atoms. The van der Waals surface area contributed by atoms with E-state index in [1.54, 1.807) is 11.8 Å². The Morgan fingerprint density at radius 2 is 1.59 bits per heavy atom. The highest BCUT2D eigenvalue weighted by Gasteiger charge is 2.28. The predicted molar refractivity (Wildman–Crippen MR) is 118 cm³/mol. The fourth-order valence-corrected chi connectivity index (χ4v) is 3.99. The number of ether oxygens (including phenoxy) is 1. The SMILES string of the molecule is CSc1ccc(C#CCNC(=O)OCC2c3ccccc3-c3ccccc32)cc1. The number of hydrogen-bond acceptors (Lipinski definition) is 3. The van der Waals surface area contributed by atoms with Crippen molar-refractivity contribution < 1.29 is 9.53 Å². The maximum Gasteiger partial charge on any atom is 0.407 e. The van der Waals surface area contributed by atoms with Gasteiger partial charge >= 0.3 is 6.09 Å². The summed E-state index contributed by atoms with van der Waals surface area (Å²) in [5.74, 6) is 6.07. The van der Waals surface area contributed by atoms with Gasteiger partial charge in [0.25, 0.3) is 0 Å². The molecule has 144 valence electrons. The van der Waals surface area contributed by atoms with Crippen LogP contribution in [-0.4, -0.2) is 25.5 Å². The third-order valence-corrected chi connectivity index (χ3v) is 5.73. The van der Waals surface area contributed by atoms with Crippen LogP contribution in [0.3, 0.4) is 0 Å². The molecule has 3 nitrogen and oxygen atoms in total. The quantitative estimate of drug-likeness (QED) is 0.478. The zero-order valence-corrected chi connectivity index (χ0v) is 17.0. The summed E-state index contributed by atoms with van der Waals surface area (Å²) in [6.07, 6.45) is 1.60. The Morgan fingerprint density at radius 1 is 0.966 bits per heavy atom. The van der Waals surface area contributed by atoms with Gasteiger partial charge in [-0.3, -0.25) is 0 Å². The molecule has 1 amide bonds. The van der Waals surface area contributed by atoms with Crippen LogP contribution >= 0.6 is 11.8 Å². The normalized spacial score (nSPS) is 11.8. The predicted octanol–water partition coefficient (Wildman–Crippen LogP) is 5.30. The number of nitrogens with one attached hydrogen (secondary N) is 1. The fraction of sp³-hybridized carbons (Fsp3) is 0.160. The Labute approximate surface area is 175 Å². The third kappa shape index (κ3) is 4.31. The summed E-state index contributed by atoms with van der Waals surface area (Å²) in [5, 5.41) is 2.71. The minimum absolute atomic E-state index is 0.0641. The summed E-state index contributed by atoms with van der Waals surface area (Å²) in [4.78, 5) is 13.3. The van der Waals surface area contributed by atoms with Crippen LogP contribution in [0.25, 0.3) is 11.1 Å². The zero-order chi connectivity index (χ0) is 20.1. The molecular weight excluding hydrogens is 378 g/mol. The van der Waals surface area contributed by atoms with Gasteiger partial charge in [0, 0.05) is 16.4 Å². The molecule has 3 aromatic carbocycles. The Kier molecular flexibility index (Phi) is 5.88. The zero-order valence-electron chi connectivity index (χ0n) is 16.1. The fourth-order valence-electron chi connectivity index (χ4n) is 3.59. The van der Waals surface area contributed by atoms with E-state index in [0.717, 1.165) is 5.56 Å². The van der Waals surface area contributed by atoms with Crippen molar-refractivity contribution in [2.75, 3.05) is 19.4 Å². The van der Waals surface area contributed by atoms with Gasteiger partial charge in [0.05, 0.1) is 6.54 Å². The summed E-state index contributed by atoms with van der Waals surface area (Å²) in [7, 11) is 0. The van der Waals surface area contributed by atoms with Crippen LogP contribution in [0.4, 0.5) is 4.79 Å². The Bertz CT molecular complexity index is 1030. The number of carbonyl (C=O) groups excluding carboxylic acids is 1. The van der Waals surface area contributed by atoms with Gasteiger partial charge in [0.1, 0.15) is 6.61 Å². The highest BCUT2D eigenvalue weighted by molar-refractivity contribution is 7.98. The molecule has 0 saturated carbocycles. The van der Waals surface area contributed by atoms with Crippen molar-refractivity contribution in [3.05, 3.63) is 89.5 Å². The van der Waals surface area contributed by atoms with Crippen molar-refractivity contribution in [1.29, 1.82) is 0 Å². The van der Waals surface area contributed by atoms with Crippen molar-refractivity contribution in [1.82, 2.24) is 5.32 Å². The van der Waals surface area contributed by atoms with Crippen LogP contribution in [0.2, 0.25) is 0 Å². The molecule has 0 atom stereocenters. The average Bonchev–Trinajstić information content (AvgIpc) is 3.09. The Balaban J connectivity index is 1.33. The van der Waals surface area contributed by atoms with E-state index in [0.29, 0.717) is 6.61 Å². The van der Waals surface area contributed by atoms with Crippen molar-refractivity contribution in [3.8, 4) is 23.0 Å². The second-order valence-electron chi connectivity index (χ2n) is 6.71. The topological polar surface area (TPSA) is 38.3 Å². The molecule has 0 spiro atoms. The van der Waals surface area contributed by atoms with Gasteiger partial charge in [0.2, 0.25) is 0 Å². The molecule has 0 saturated heterocycles. The van der Waals surface area contributed by atoms with Crippen molar-refractivity contribution in [3.63, 3.8) is 0 Å². The van der Waals surface area contributed by atoms with Gasteiger partial charge in [0.15, 0.2) is 0 Å². The van der Waals surface area contributed by atoms with Crippen LogP contribution in [0.1, 0.15) is 22.6 Å². The lowest BCUT2D eigenvalue weighted by Gasteiger charge is -2.14. The van der Waals surface area contributed by atoms with Crippen LogP contribution in [-0.2, 0) is 4.74 Å². The number of hydrogen-bond donors (Lipinski definition) is 1. The second kappa shape index (κ2) is 8.89. The number of carbonyl (C=O) groups is 1. The number of rotatable bonds is 4. The maximum atomic E-state index is 12.1. The first-order valence-corrected chi connectivity index (χ1v) is 10.7. The smallest absolute Gasteiger partial charge is 0.407 e. The van der Waals surface area contributed by atoms with E-state index in [2.05, 4.69) is 41.4 Å². The summed E-state index contributed by atoms with van der Waals surface area (Å²) in [6.45, 7) is 0.560. The largest absolute Gasteiger partial charge is 0.449 e. The molecule has 0 aromatic heterocycles. The molecule has 1 aliphatic rings. The first kappa shape index (κ1) is 19.2. The molecule has 0 fully saturated rings. The molecule has 0 aliphatic heterocycles. The number of thioether (sulfide) groups is 1. The van der Waals surface area contributed by atoms with E-state index in [4.69, 9.17) is 4.74 Å². The number of benzene rings is 3. The van der Waals surface area contributed by atoms with E-state index in [1.807, 2.05) is 54.8 Å². The van der Waals surface area contributed by atoms with Gasteiger partial charge in [-0.2, -0.15) is 0 Å². The van der Waals surface area contributed by atoms with Crippen LogP contribution in [0, 0.1) is 11.8 Å². The van der Waals surface area contributed by atoms with Gasteiger partial charge in [-0.15, -0.1) is 11.8 Å². The number of fused-ring (bicyclic) bond motifs is 3. The average molecular weight is 400 g/mol. The van der Waals surface area contributed by atoms with Gasteiger partial charge in [-0.05, 0) is 52.8 Å². The van der Waals surface area contributed by atoms with Crippen molar-refractivity contribution in [2.45, 2.75) is 10.8 Å². The minimum Gasteiger partial charge on any atom is -0.449 e. The van der Waals surface area contributed by atoms with Crippen LogP contribution in [0.5, 0.6) is 0 Å². The maximum absolute atomic E-state index is 12.1. The molecule has 1 N–H and O–H groups in total. The van der Waals surface area contributed by atoms with Crippen molar-refractivity contribution in [2.24, 2.45) is 0 Å². The second-order valence-corrected chi connectivity index (χ2v) is 7.59. The lowest BCUT2D eigenvalue weighted by molar-refractivity contribution is 0.144. The standard InChI is InChI=1S/C25H21NO2S/c1-29-19-14-12-18(13-15-19)7-6-16-26-25(27)28-17-24-22-10-4-2-8-20(22)21-9-3-5-11-23(21)24/h2-5,8-15,24H,16-17H2,1H3,(H,26,27). The summed E-state index contributed by atoms with van der Waals surface area (Å²) >= 11 is 1.70. The van der Waals surface area contributed by atoms with E-state index in [9.17, 15) is 4.79 Å².